The van der Waals surface area contributed by atoms with E-state index in [9.17, 15) is 18.0 Å². The van der Waals surface area contributed by atoms with E-state index in [0.717, 1.165) is 6.42 Å². The molecule has 0 unspecified atom stereocenters. The van der Waals surface area contributed by atoms with Crippen molar-refractivity contribution in [1.82, 2.24) is 4.90 Å². The summed E-state index contributed by atoms with van der Waals surface area (Å²) < 4.78 is 36.8. The molecule has 0 aromatic heterocycles. The fourth-order valence-electron chi connectivity index (χ4n) is 1.95. The first-order valence-corrected chi connectivity index (χ1v) is 6.82. The van der Waals surface area contributed by atoms with Crippen LogP contribution in [0.5, 0.6) is 0 Å². The number of benzene rings is 1. The summed E-state index contributed by atoms with van der Waals surface area (Å²) >= 11 is -0.210. The molecule has 2 amide bonds. The normalized spacial score (nSPS) is 19.2. The number of carbonyl (C=O) groups excluding carboxylic acids is 1. The van der Waals surface area contributed by atoms with Crippen LogP contribution in [0, 0.1) is 0 Å². The van der Waals surface area contributed by atoms with Gasteiger partial charge in [0, 0.05) is 29.7 Å². The highest BCUT2D eigenvalue weighted by Crippen LogP contribution is 2.37. The van der Waals surface area contributed by atoms with Gasteiger partial charge in [0.1, 0.15) is 0 Å². The molecule has 1 aliphatic heterocycles. The number of urea groups is 1. The van der Waals surface area contributed by atoms with E-state index in [0.29, 0.717) is 18.8 Å². The third-order valence-electron chi connectivity index (χ3n) is 2.83. The molecule has 20 heavy (non-hydrogen) atoms. The van der Waals surface area contributed by atoms with Gasteiger partial charge in [-0.1, -0.05) is 6.07 Å². The second kappa shape index (κ2) is 5.92. The Kier molecular flexibility index (Phi) is 4.44. The molecule has 1 aromatic rings. The Morgan fingerprint density at radius 1 is 1.45 bits per heavy atom. The molecule has 1 fully saturated rings. The van der Waals surface area contributed by atoms with Crippen molar-refractivity contribution >= 4 is 23.5 Å². The van der Waals surface area contributed by atoms with Crippen molar-refractivity contribution in [3.05, 3.63) is 24.3 Å². The van der Waals surface area contributed by atoms with Gasteiger partial charge in [-0.15, -0.1) is 0 Å². The molecule has 8 heteroatoms. The molecule has 0 saturated carbocycles. The molecule has 0 aliphatic carbocycles. The SMILES string of the molecule is N[C@H]1CCN(C(=O)Nc2cccc(SC(F)(F)F)c2)C1. The lowest BCUT2D eigenvalue weighted by Gasteiger charge is -2.17. The number of nitrogens with zero attached hydrogens (tertiary/aromatic N) is 1. The maximum absolute atomic E-state index is 12.3. The number of hydrogen-bond donors (Lipinski definition) is 2. The van der Waals surface area contributed by atoms with E-state index in [2.05, 4.69) is 5.32 Å². The van der Waals surface area contributed by atoms with Crippen molar-refractivity contribution in [1.29, 1.82) is 0 Å². The number of nitrogens with two attached hydrogens (primary N) is 1. The van der Waals surface area contributed by atoms with E-state index < -0.39 is 5.51 Å². The van der Waals surface area contributed by atoms with E-state index >= 15 is 0 Å². The summed E-state index contributed by atoms with van der Waals surface area (Å²) in [6, 6.07) is 5.29. The van der Waals surface area contributed by atoms with Crippen LogP contribution in [0.15, 0.2) is 29.2 Å². The van der Waals surface area contributed by atoms with Crippen molar-refractivity contribution in [2.24, 2.45) is 5.73 Å². The third-order valence-corrected chi connectivity index (χ3v) is 3.55. The summed E-state index contributed by atoms with van der Waals surface area (Å²) in [5.41, 5.74) is 1.69. The van der Waals surface area contributed by atoms with E-state index in [4.69, 9.17) is 5.73 Å². The molecule has 1 atom stereocenters. The van der Waals surface area contributed by atoms with Crippen LogP contribution in [-0.4, -0.2) is 35.6 Å². The Morgan fingerprint density at radius 2 is 2.20 bits per heavy atom. The minimum absolute atomic E-state index is 0.0344. The summed E-state index contributed by atoms with van der Waals surface area (Å²) in [5.74, 6) is 0. The second-order valence-electron chi connectivity index (χ2n) is 4.50. The van der Waals surface area contributed by atoms with Crippen LogP contribution in [0.25, 0.3) is 0 Å². The average Bonchev–Trinajstić information content (AvgIpc) is 2.74. The van der Waals surface area contributed by atoms with Gasteiger partial charge in [-0.25, -0.2) is 4.79 Å². The van der Waals surface area contributed by atoms with Gasteiger partial charge < -0.3 is 16.0 Å². The first kappa shape index (κ1) is 15.0. The van der Waals surface area contributed by atoms with Gasteiger partial charge in [-0.3, -0.25) is 0 Å². The maximum Gasteiger partial charge on any atom is 0.446 e. The number of carbonyl (C=O) groups is 1. The van der Waals surface area contributed by atoms with Crippen LogP contribution in [0.1, 0.15) is 6.42 Å². The Morgan fingerprint density at radius 3 is 2.80 bits per heavy atom. The zero-order chi connectivity index (χ0) is 14.8. The second-order valence-corrected chi connectivity index (χ2v) is 5.64. The van der Waals surface area contributed by atoms with Crippen molar-refractivity contribution in [2.45, 2.75) is 22.9 Å². The summed E-state index contributed by atoms with van der Waals surface area (Å²) in [4.78, 5) is 13.5. The largest absolute Gasteiger partial charge is 0.446 e. The summed E-state index contributed by atoms with van der Waals surface area (Å²) in [6.45, 7) is 1.02. The first-order valence-electron chi connectivity index (χ1n) is 6.01. The predicted molar refractivity (Wildman–Crippen MR) is 71.5 cm³/mol. The molecule has 2 rings (SSSR count). The number of amides is 2. The molecule has 1 aliphatic rings. The van der Waals surface area contributed by atoms with Gasteiger partial charge >= 0.3 is 11.5 Å². The van der Waals surface area contributed by atoms with Crippen molar-refractivity contribution in [3.8, 4) is 0 Å². The van der Waals surface area contributed by atoms with Crippen LogP contribution in [-0.2, 0) is 0 Å². The molecule has 1 heterocycles. The highest BCUT2D eigenvalue weighted by Gasteiger charge is 2.29. The van der Waals surface area contributed by atoms with E-state index in [-0.39, 0.29) is 28.7 Å². The number of halogens is 3. The summed E-state index contributed by atoms with van der Waals surface area (Å²) in [6.07, 6.45) is 0.734. The Labute approximate surface area is 118 Å². The molecule has 1 saturated heterocycles. The highest BCUT2D eigenvalue weighted by atomic mass is 32.2. The fraction of sp³-hybridized carbons (Fsp3) is 0.417. The zero-order valence-corrected chi connectivity index (χ0v) is 11.3. The summed E-state index contributed by atoms with van der Waals surface area (Å²) in [7, 11) is 0. The maximum atomic E-state index is 12.3. The zero-order valence-electron chi connectivity index (χ0n) is 10.5. The minimum Gasteiger partial charge on any atom is -0.326 e. The lowest BCUT2D eigenvalue weighted by molar-refractivity contribution is -0.0328. The third kappa shape index (κ3) is 4.31. The van der Waals surface area contributed by atoms with E-state index in [1.54, 1.807) is 11.0 Å². The minimum atomic E-state index is -4.34. The number of rotatable bonds is 2. The molecular weight excluding hydrogens is 291 g/mol. The monoisotopic (exact) mass is 305 g/mol. The van der Waals surface area contributed by atoms with Crippen LogP contribution in [0.3, 0.4) is 0 Å². The van der Waals surface area contributed by atoms with Crippen molar-refractivity contribution < 1.29 is 18.0 Å². The quantitative estimate of drug-likeness (QED) is 0.826. The predicted octanol–water partition coefficient (Wildman–Crippen LogP) is 2.86. The van der Waals surface area contributed by atoms with Gasteiger partial charge in [-0.2, -0.15) is 13.2 Å². The van der Waals surface area contributed by atoms with Crippen LogP contribution < -0.4 is 11.1 Å². The Bertz CT molecular complexity index is 495. The van der Waals surface area contributed by atoms with Gasteiger partial charge in [-0.05, 0) is 36.4 Å². The van der Waals surface area contributed by atoms with Crippen molar-refractivity contribution in [2.75, 3.05) is 18.4 Å². The number of alkyl halides is 3. The van der Waals surface area contributed by atoms with Gasteiger partial charge in [0.25, 0.3) is 0 Å². The van der Waals surface area contributed by atoms with Crippen LogP contribution in [0.2, 0.25) is 0 Å². The molecule has 0 spiro atoms. The molecule has 110 valence electrons. The molecule has 0 bridgehead atoms. The lowest BCUT2D eigenvalue weighted by Crippen LogP contribution is -2.35. The topological polar surface area (TPSA) is 58.4 Å². The van der Waals surface area contributed by atoms with E-state index in [1.807, 2.05) is 0 Å². The van der Waals surface area contributed by atoms with Crippen LogP contribution in [0.4, 0.5) is 23.7 Å². The number of anilines is 1. The molecule has 0 radical (unpaired) electrons. The van der Waals surface area contributed by atoms with Crippen LogP contribution >= 0.6 is 11.8 Å². The number of nitrogens with one attached hydrogen (secondary N) is 1. The van der Waals surface area contributed by atoms with E-state index in [1.165, 1.54) is 18.2 Å². The Hall–Kier alpha value is -1.41. The molecule has 3 N–H and O–H groups in total. The van der Waals surface area contributed by atoms with Gasteiger partial charge in [0.15, 0.2) is 0 Å². The highest BCUT2D eigenvalue weighted by molar-refractivity contribution is 8.00. The molecule has 4 nitrogen and oxygen atoms in total. The standard InChI is InChI=1S/C12H14F3N3OS/c13-12(14,15)20-10-3-1-2-9(6-10)17-11(19)18-5-4-8(16)7-18/h1-3,6,8H,4-5,7,16H2,(H,17,19)/t8-/m0/s1. The molecule has 1 aromatic carbocycles. The molecular formula is C12H14F3N3OS. The van der Waals surface area contributed by atoms with Gasteiger partial charge in [0.05, 0.1) is 0 Å². The number of hydrogen-bond acceptors (Lipinski definition) is 3. The summed E-state index contributed by atoms with van der Waals surface area (Å²) in [5, 5.41) is 2.58. The lowest BCUT2D eigenvalue weighted by atomic mass is 10.3. The Balaban J connectivity index is 1.99. The smallest absolute Gasteiger partial charge is 0.326 e. The first-order chi connectivity index (χ1) is 9.33. The average molecular weight is 305 g/mol. The number of thioether (sulfide) groups is 1. The van der Waals surface area contributed by atoms with Crippen molar-refractivity contribution in [3.63, 3.8) is 0 Å². The van der Waals surface area contributed by atoms with Gasteiger partial charge in [0.2, 0.25) is 0 Å². The number of likely N-dealkylation sites (tertiary alicyclic amines) is 1. The fourth-order valence-corrected chi connectivity index (χ4v) is 2.55.